The van der Waals surface area contributed by atoms with E-state index in [0.717, 1.165) is 0 Å². The molecule has 0 unspecified atom stereocenters. The SMILES string of the molecule is COc1cccc(NC(=O)c2c(N)no[n+]2[O-])c1. The normalized spacial score (nSPS) is 10.1. The largest absolute Gasteiger partial charge is 0.497 e. The summed E-state index contributed by atoms with van der Waals surface area (Å²) in [5.74, 6) is -0.413. The van der Waals surface area contributed by atoms with Crippen LogP contribution < -0.4 is 20.7 Å². The summed E-state index contributed by atoms with van der Waals surface area (Å²) in [6.07, 6.45) is 0. The molecule has 0 radical (unpaired) electrons. The Balaban J connectivity index is 2.21. The van der Waals surface area contributed by atoms with E-state index < -0.39 is 11.6 Å². The number of carbonyl (C=O) groups is 1. The van der Waals surface area contributed by atoms with E-state index in [1.54, 1.807) is 24.3 Å². The molecule has 0 aliphatic carbocycles. The van der Waals surface area contributed by atoms with Crippen molar-refractivity contribution in [3.63, 3.8) is 0 Å². The smallest absolute Gasteiger partial charge is 0.318 e. The molecule has 1 aromatic carbocycles. The Morgan fingerprint density at radius 2 is 2.39 bits per heavy atom. The number of hydrogen-bond donors (Lipinski definition) is 2. The summed E-state index contributed by atoms with van der Waals surface area (Å²) in [5, 5.41) is 16.8. The van der Waals surface area contributed by atoms with Crippen molar-refractivity contribution in [1.82, 2.24) is 5.16 Å². The highest BCUT2D eigenvalue weighted by Gasteiger charge is 2.24. The molecule has 0 saturated carbocycles. The van der Waals surface area contributed by atoms with Gasteiger partial charge in [-0.05, 0) is 17.0 Å². The third-order valence-corrected chi connectivity index (χ3v) is 2.18. The van der Waals surface area contributed by atoms with E-state index in [4.69, 9.17) is 10.5 Å². The second-order valence-corrected chi connectivity index (χ2v) is 3.35. The van der Waals surface area contributed by atoms with Crippen LogP contribution in [-0.4, -0.2) is 18.2 Å². The number of ether oxygens (including phenoxy) is 1. The van der Waals surface area contributed by atoms with Crippen molar-refractivity contribution in [2.45, 2.75) is 0 Å². The van der Waals surface area contributed by atoms with Crippen molar-refractivity contribution >= 4 is 17.4 Å². The first-order valence-corrected chi connectivity index (χ1v) is 4.92. The fourth-order valence-electron chi connectivity index (χ4n) is 1.35. The van der Waals surface area contributed by atoms with Crippen LogP contribution in [0.3, 0.4) is 0 Å². The summed E-state index contributed by atoms with van der Waals surface area (Å²) in [4.78, 5) is 11.7. The molecule has 2 aromatic rings. The predicted octanol–water partition coefficient (Wildman–Crippen LogP) is 0.151. The Hall–Kier alpha value is -2.77. The van der Waals surface area contributed by atoms with Crippen LogP contribution in [-0.2, 0) is 0 Å². The Morgan fingerprint density at radius 3 is 3.00 bits per heavy atom. The lowest BCUT2D eigenvalue weighted by Gasteiger charge is -2.05. The molecule has 3 N–H and O–H groups in total. The van der Waals surface area contributed by atoms with Crippen molar-refractivity contribution in [3.8, 4) is 5.75 Å². The minimum Gasteiger partial charge on any atom is -0.497 e. The zero-order chi connectivity index (χ0) is 13.1. The van der Waals surface area contributed by atoms with E-state index in [9.17, 15) is 10.0 Å². The van der Waals surface area contributed by atoms with Crippen LogP contribution >= 0.6 is 0 Å². The molecular weight excluding hydrogens is 240 g/mol. The Morgan fingerprint density at radius 1 is 1.61 bits per heavy atom. The number of nitrogen functional groups attached to an aromatic ring is 1. The van der Waals surface area contributed by atoms with E-state index >= 15 is 0 Å². The molecule has 1 amide bonds. The molecule has 0 fully saturated rings. The van der Waals surface area contributed by atoms with Gasteiger partial charge in [0.1, 0.15) is 5.75 Å². The second kappa shape index (κ2) is 4.62. The fourth-order valence-corrected chi connectivity index (χ4v) is 1.35. The van der Waals surface area contributed by atoms with Crippen LogP contribution in [0, 0.1) is 5.21 Å². The highest BCUT2D eigenvalue weighted by Crippen LogP contribution is 2.17. The van der Waals surface area contributed by atoms with Crippen molar-refractivity contribution in [2.75, 3.05) is 18.2 Å². The molecule has 0 saturated heterocycles. The summed E-state index contributed by atoms with van der Waals surface area (Å²) in [5.41, 5.74) is 5.41. The summed E-state index contributed by atoms with van der Waals surface area (Å²) in [6, 6.07) is 6.64. The first-order valence-electron chi connectivity index (χ1n) is 4.92. The molecule has 1 heterocycles. The van der Waals surface area contributed by atoms with Crippen molar-refractivity contribution in [2.24, 2.45) is 0 Å². The number of amides is 1. The number of hydrogen-bond acceptors (Lipinski definition) is 6. The number of nitrogens with two attached hydrogens (primary N) is 1. The third-order valence-electron chi connectivity index (χ3n) is 2.18. The number of nitrogens with one attached hydrogen (secondary N) is 1. The van der Waals surface area contributed by atoms with Gasteiger partial charge in [0.05, 0.1) is 12.3 Å². The van der Waals surface area contributed by atoms with E-state index in [1.165, 1.54) is 7.11 Å². The van der Waals surface area contributed by atoms with Crippen LogP contribution in [0.1, 0.15) is 10.5 Å². The van der Waals surface area contributed by atoms with Gasteiger partial charge in [-0.1, -0.05) is 6.07 Å². The maximum absolute atomic E-state index is 11.8. The lowest BCUT2D eigenvalue weighted by atomic mass is 10.3. The Labute approximate surface area is 101 Å². The number of aromatic nitrogens is 2. The average molecular weight is 250 g/mol. The number of anilines is 2. The first kappa shape index (κ1) is 11.7. The zero-order valence-electron chi connectivity index (χ0n) is 9.41. The summed E-state index contributed by atoms with van der Waals surface area (Å²) in [7, 11) is 1.50. The maximum Gasteiger partial charge on any atom is 0.318 e. The van der Waals surface area contributed by atoms with E-state index in [0.29, 0.717) is 11.4 Å². The van der Waals surface area contributed by atoms with Gasteiger partial charge in [0.25, 0.3) is 0 Å². The van der Waals surface area contributed by atoms with Crippen molar-refractivity contribution in [3.05, 3.63) is 35.2 Å². The summed E-state index contributed by atoms with van der Waals surface area (Å²) < 4.78 is 9.20. The number of rotatable bonds is 3. The Bertz CT molecular complexity index is 562. The number of carbonyl (C=O) groups excluding carboxylic acids is 1. The monoisotopic (exact) mass is 250 g/mol. The van der Waals surface area contributed by atoms with Gasteiger partial charge in [0.2, 0.25) is 0 Å². The molecular formula is C10H10N4O4. The maximum atomic E-state index is 11.8. The molecule has 1 aromatic heterocycles. The Kier molecular flexibility index (Phi) is 3.00. The quantitative estimate of drug-likeness (QED) is 0.749. The molecule has 18 heavy (non-hydrogen) atoms. The third kappa shape index (κ3) is 2.17. The van der Waals surface area contributed by atoms with Gasteiger partial charge in [-0.3, -0.25) is 9.42 Å². The number of nitrogens with zero attached hydrogens (tertiary/aromatic N) is 2. The minimum absolute atomic E-state index is 0.0508. The van der Waals surface area contributed by atoms with Crippen LogP contribution in [0.5, 0.6) is 5.75 Å². The second-order valence-electron chi connectivity index (χ2n) is 3.35. The van der Waals surface area contributed by atoms with Gasteiger partial charge in [-0.25, -0.2) is 0 Å². The fraction of sp³-hybridized carbons (Fsp3) is 0.100. The molecule has 8 heteroatoms. The number of methoxy groups -OCH3 is 1. The van der Waals surface area contributed by atoms with E-state index in [2.05, 4.69) is 15.1 Å². The molecule has 0 spiro atoms. The lowest BCUT2D eigenvalue weighted by Crippen LogP contribution is -2.34. The minimum atomic E-state index is -0.711. The average Bonchev–Trinajstić information content (AvgIpc) is 2.69. The highest BCUT2D eigenvalue weighted by molar-refractivity contribution is 6.04. The van der Waals surface area contributed by atoms with Crippen LogP contribution in [0.2, 0.25) is 0 Å². The molecule has 0 atom stereocenters. The summed E-state index contributed by atoms with van der Waals surface area (Å²) in [6.45, 7) is 0. The van der Waals surface area contributed by atoms with Gasteiger partial charge in [-0.2, -0.15) is 0 Å². The van der Waals surface area contributed by atoms with Crippen LogP contribution in [0.4, 0.5) is 11.5 Å². The van der Waals surface area contributed by atoms with Crippen LogP contribution in [0.25, 0.3) is 0 Å². The van der Waals surface area contributed by atoms with E-state index in [1.807, 2.05) is 0 Å². The lowest BCUT2D eigenvalue weighted by molar-refractivity contribution is -0.803. The summed E-state index contributed by atoms with van der Waals surface area (Å²) >= 11 is 0. The van der Waals surface area contributed by atoms with Gasteiger partial charge in [-0.15, -0.1) is 0 Å². The highest BCUT2D eigenvalue weighted by atomic mass is 16.8. The van der Waals surface area contributed by atoms with Gasteiger partial charge < -0.3 is 21.0 Å². The first-order chi connectivity index (χ1) is 8.61. The predicted molar refractivity (Wildman–Crippen MR) is 60.8 cm³/mol. The standard InChI is InChI=1S/C10H10N4O4/c1-17-7-4-2-3-6(5-7)12-10(15)8-9(11)13-18-14(8)16/h2-5H,1H3,(H2,11,13)(H,12,15). The van der Waals surface area contributed by atoms with Gasteiger partial charge in [0.15, 0.2) is 0 Å². The molecule has 8 nitrogen and oxygen atoms in total. The van der Waals surface area contributed by atoms with Crippen molar-refractivity contribution < 1.29 is 19.1 Å². The van der Waals surface area contributed by atoms with Crippen LogP contribution in [0.15, 0.2) is 28.9 Å². The van der Waals surface area contributed by atoms with Gasteiger partial charge >= 0.3 is 17.4 Å². The topological polar surface area (TPSA) is 117 Å². The molecule has 2 rings (SSSR count). The zero-order valence-corrected chi connectivity index (χ0v) is 9.41. The number of benzene rings is 1. The molecule has 0 aliphatic rings. The van der Waals surface area contributed by atoms with Crippen molar-refractivity contribution in [1.29, 1.82) is 0 Å². The molecule has 0 bridgehead atoms. The molecule has 94 valence electrons. The molecule has 0 aliphatic heterocycles. The van der Waals surface area contributed by atoms with Gasteiger partial charge in [0, 0.05) is 11.8 Å². The van der Waals surface area contributed by atoms with E-state index in [-0.39, 0.29) is 10.7 Å².